The Kier molecular flexibility index (Phi) is 3.76. The number of fused-ring (bicyclic) bond motifs is 1. The van der Waals surface area contributed by atoms with Crippen LogP contribution in [0.2, 0.25) is 0 Å². The zero-order chi connectivity index (χ0) is 14.1. The molecule has 4 heteroatoms. The van der Waals surface area contributed by atoms with Gasteiger partial charge in [0.05, 0.1) is 18.0 Å². The molecule has 20 heavy (non-hydrogen) atoms. The Balaban J connectivity index is 1.86. The number of pyridine rings is 1. The van der Waals surface area contributed by atoms with Gasteiger partial charge in [-0.1, -0.05) is 12.5 Å². The van der Waals surface area contributed by atoms with Crippen LogP contribution in [0.15, 0.2) is 24.5 Å². The minimum absolute atomic E-state index is 0.267. The van der Waals surface area contributed by atoms with Crippen molar-refractivity contribution in [3.8, 4) is 0 Å². The maximum atomic E-state index is 9.97. The van der Waals surface area contributed by atoms with E-state index in [2.05, 4.69) is 39.5 Å². The molecule has 0 aromatic carbocycles. The highest BCUT2D eigenvalue weighted by atomic mass is 16.3. The highest BCUT2D eigenvalue weighted by Crippen LogP contribution is 2.22. The Morgan fingerprint density at radius 2 is 2.30 bits per heavy atom. The standard InChI is InChI=1S/C16H23N3O/c1-12-6-5-9-19-14(10-17-16(12)19)11-18-8-4-3-7-15(18)13(2)20/h5-6,9-10,13,15,20H,3-4,7-8,11H2,1-2H3. The second kappa shape index (κ2) is 5.54. The molecule has 3 heterocycles. The number of aliphatic hydroxyl groups excluding tert-OH is 1. The molecule has 0 saturated carbocycles. The average molecular weight is 273 g/mol. The number of aryl methyl sites for hydroxylation is 1. The zero-order valence-corrected chi connectivity index (χ0v) is 12.3. The summed E-state index contributed by atoms with van der Waals surface area (Å²) in [6.45, 7) is 5.92. The number of aliphatic hydroxyl groups is 1. The van der Waals surface area contributed by atoms with E-state index in [9.17, 15) is 5.11 Å². The summed E-state index contributed by atoms with van der Waals surface area (Å²) < 4.78 is 2.17. The van der Waals surface area contributed by atoms with Gasteiger partial charge in [-0.25, -0.2) is 4.98 Å². The summed E-state index contributed by atoms with van der Waals surface area (Å²) in [7, 11) is 0. The number of rotatable bonds is 3. The van der Waals surface area contributed by atoms with Crippen molar-refractivity contribution in [2.24, 2.45) is 0 Å². The molecule has 1 fully saturated rings. The highest BCUT2D eigenvalue weighted by Gasteiger charge is 2.26. The molecule has 4 nitrogen and oxygen atoms in total. The monoisotopic (exact) mass is 273 g/mol. The largest absolute Gasteiger partial charge is 0.392 e. The number of hydrogen-bond donors (Lipinski definition) is 1. The zero-order valence-electron chi connectivity index (χ0n) is 12.3. The third-order valence-electron chi connectivity index (χ3n) is 4.39. The first-order chi connectivity index (χ1) is 9.66. The summed E-state index contributed by atoms with van der Waals surface area (Å²) >= 11 is 0. The second-order valence-electron chi connectivity index (χ2n) is 5.91. The smallest absolute Gasteiger partial charge is 0.139 e. The van der Waals surface area contributed by atoms with Crippen molar-refractivity contribution in [1.29, 1.82) is 0 Å². The molecule has 1 aliphatic rings. The molecule has 0 spiro atoms. The van der Waals surface area contributed by atoms with Gasteiger partial charge in [0.2, 0.25) is 0 Å². The van der Waals surface area contributed by atoms with Crippen LogP contribution in [0.4, 0.5) is 0 Å². The first kappa shape index (κ1) is 13.6. The molecule has 0 bridgehead atoms. The molecule has 0 amide bonds. The predicted octanol–water partition coefficient (Wildman–Crippen LogP) is 2.38. The molecule has 1 aliphatic heterocycles. The summed E-state index contributed by atoms with van der Waals surface area (Å²) in [5.74, 6) is 0. The maximum Gasteiger partial charge on any atom is 0.139 e. The van der Waals surface area contributed by atoms with E-state index in [0.29, 0.717) is 0 Å². The molecular weight excluding hydrogens is 250 g/mol. The Bertz CT molecular complexity index is 590. The van der Waals surface area contributed by atoms with E-state index in [4.69, 9.17) is 0 Å². The van der Waals surface area contributed by atoms with Gasteiger partial charge in [-0.05, 0) is 44.9 Å². The topological polar surface area (TPSA) is 40.8 Å². The van der Waals surface area contributed by atoms with Gasteiger partial charge in [-0.2, -0.15) is 0 Å². The van der Waals surface area contributed by atoms with Crippen LogP contribution in [0.1, 0.15) is 37.4 Å². The first-order valence-corrected chi connectivity index (χ1v) is 7.50. The Hall–Kier alpha value is -1.39. The van der Waals surface area contributed by atoms with Gasteiger partial charge < -0.3 is 9.51 Å². The highest BCUT2D eigenvalue weighted by molar-refractivity contribution is 5.48. The van der Waals surface area contributed by atoms with Crippen molar-refractivity contribution in [2.75, 3.05) is 6.54 Å². The quantitative estimate of drug-likeness (QED) is 0.933. The van der Waals surface area contributed by atoms with Gasteiger partial charge in [-0.3, -0.25) is 4.90 Å². The number of piperidine rings is 1. The molecule has 2 aromatic heterocycles. The molecule has 2 atom stereocenters. The molecular formula is C16H23N3O. The van der Waals surface area contributed by atoms with E-state index < -0.39 is 0 Å². The fourth-order valence-electron chi connectivity index (χ4n) is 3.29. The number of likely N-dealkylation sites (tertiary alicyclic amines) is 1. The van der Waals surface area contributed by atoms with Crippen molar-refractivity contribution in [3.05, 3.63) is 35.8 Å². The fraction of sp³-hybridized carbons (Fsp3) is 0.562. The second-order valence-corrected chi connectivity index (χ2v) is 5.91. The number of imidazole rings is 1. The SMILES string of the molecule is Cc1cccn2c(CN3CCCCC3C(C)O)cnc12. The van der Waals surface area contributed by atoms with Crippen LogP contribution in [-0.4, -0.2) is 38.1 Å². The van der Waals surface area contributed by atoms with Gasteiger partial charge in [-0.15, -0.1) is 0 Å². The van der Waals surface area contributed by atoms with Crippen molar-refractivity contribution < 1.29 is 5.11 Å². The lowest BCUT2D eigenvalue weighted by atomic mass is 9.98. The lowest BCUT2D eigenvalue weighted by Crippen LogP contribution is -2.45. The van der Waals surface area contributed by atoms with Gasteiger partial charge >= 0.3 is 0 Å². The summed E-state index contributed by atoms with van der Waals surface area (Å²) in [5.41, 5.74) is 3.44. The minimum Gasteiger partial charge on any atom is -0.392 e. The molecule has 2 aromatic rings. The number of aromatic nitrogens is 2. The van der Waals surface area contributed by atoms with E-state index >= 15 is 0 Å². The average Bonchev–Trinajstić information content (AvgIpc) is 2.84. The van der Waals surface area contributed by atoms with Crippen LogP contribution in [0.3, 0.4) is 0 Å². The molecule has 1 N–H and O–H groups in total. The van der Waals surface area contributed by atoms with E-state index in [0.717, 1.165) is 25.2 Å². The number of hydrogen-bond acceptors (Lipinski definition) is 3. The summed E-state index contributed by atoms with van der Waals surface area (Å²) in [6.07, 6.45) is 7.31. The van der Waals surface area contributed by atoms with Crippen LogP contribution in [-0.2, 0) is 6.54 Å². The van der Waals surface area contributed by atoms with Crippen LogP contribution < -0.4 is 0 Å². The van der Waals surface area contributed by atoms with Gasteiger partial charge in [0, 0.05) is 18.8 Å². The van der Waals surface area contributed by atoms with E-state index in [1.54, 1.807) is 0 Å². The van der Waals surface area contributed by atoms with Crippen LogP contribution in [0, 0.1) is 6.92 Å². The molecule has 1 saturated heterocycles. The first-order valence-electron chi connectivity index (χ1n) is 7.50. The molecule has 108 valence electrons. The Labute approximate surface area is 120 Å². The number of nitrogens with zero attached hydrogens (tertiary/aromatic N) is 3. The van der Waals surface area contributed by atoms with E-state index in [1.165, 1.54) is 24.1 Å². The van der Waals surface area contributed by atoms with Gasteiger partial charge in [0.1, 0.15) is 5.65 Å². The van der Waals surface area contributed by atoms with E-state index in [1.807, 2.05) is 13.1 Å². The Morgan fingerprint density at radius 1 is 1.45 bits per heavy atom. The lowest BCUT2D eigenvalue weighted by Gasteiger charge is -2.37. The third kappa shape index (κ3) is 2.45. The Morgan fingerprint density at radius 3 is 3.10 bits per heavy atom. The summed E-state index contributed by atoms with van der Waals surface area (Å²) in [4.78, 5) is 6.93. The molecule has 3 rings (SSSR count). The van der Waals surface area contributed by atoms with Gasteiger partial charge in [0.25, 0.3) is 0 Å². The maximum absolute atomic E-state index is 9.97. The van der Waals surface area contributed by atoms with Crippen molar-refractivity contribution >= 4 is 5.65 Å². The fourth-order valence-corrected chi connectivity index (χ4v) is 3.29. The van der Waals surface area contributed by atoms with Crippen LogP contribution in [0.5, 0.6) is 0 Å². The minimum atomic E-state index is -0.267. The van der Waals surface area contributed by atoms with Crippen molar-refractivity contribution in [2.45, 2.75) is 51.8 Å². The van der Waals surface area contributed by atoms with Crippen molar-refractivity contribution in [1.82, 2.24) is 14.3 Å². The van der Waals surface area contributed by atoms with Crippen LogP contribution in [0.25, 0.3) is 5.65 Å². The van der Waals surface area contributed by atoms with Crippen molar-refractivity contribution in [3.63, 3.8) is 0 Å². The normalized spacial score (nSPS) is 22.2. The lowest BCUT2D eigenvalue weighted by molar-refractivity contribution is 0.0308. The summed E-state index contributed by atoms with van der Waals surface area (Å²) in [5, 5.41) is 9.97. The molecule has 0 radical (unpaired) electrons. The summed E-state index contributed by atoms with van der Waals surface area (Å²) in [6, 6.07) is 4.43. The van der Waals surface area contributed by atoms with E-state index in [-0.39, 0.29) is 12.1 Å². The molecule has 0 aliphatic carbocycles. The predicted molar refractivity (Wildman–Crippen MR) is 79.7 cm³/mol. The molecule has 2 unspecified atom stereocenters. The van der Waals surface area contributed by atoms with Crippen LogP contribution >= 0.6 is 0 Å². The third-order valence-corrected chi connectivity index (χ3v) is 4.39. The van der Waals surface area contributed by atoms with Gasteiger partial charge in [0.15, 0.2) is 0 Å².